The number of hydrogen-bond acceptors (Lipinski definition) is 3. The number of nitrogens with zero attached hydrogens (tertiary/aromatic N) is 2. The van der Waals surface area contributed by atoms with E-state index in [1.54, 1.807) is 34.9 Å². The molecule has 0 atom stereocenters. The first-order chi connectivity index (χ1) is 11.0. The Labute approximate surface area is 151 Å². The van der Waals surface area contributed by atoms with Crippen LogP contribution in [0.5, 0.6) is 0 Å². The van der Waals surface area contributed by atoms with E-state index in [0.717, 1.165) is 11.5 Å². The van der Waals surface area contributed by atoms with Gasteiger partial charge in [0.1, 0.15) is 0 Å². The summed E-state index contributed by atoms with van der Waals surface area (Å²) < 4.78 is 0. The first-order valence-electron chi connectivity index (χ1n) is 7.62. The zero-order chi connectivity index (χ0) is 16.8. The Hall–Kier alpha value is -0.910. The minimum Gasteiger partial charge on any atom is -0.339 e. The lowest BCUT2D eigenvalue weighted by Gasteiger charge is -2.35. The van der Waals surface area contributed by atoms with Gasteiger partial charge < -0.3 is 9.80 Å². The van der Waals surface area contributed by atoms with Crippen molar-refractivity contribution in [3.63, 3.8) is 0 Å². The fourth-order valence-electron chi connectivity index (χ4n) is 2.48. The molecule has 0 unspecified atom stereocenters. The molecule has 0 saturated carbocycles. The molecule has 1 aromatic rings. The van der Waals surface area contributed by atoms with E-state index >= 15 is 0 Å². The lowest BCUT2D eigenvalue weighted by atomic mass is 10.1. The zero-order valence-electron chi connectivity index (χ0n) is 13.1. The summed E-state index contributed by atoms with van der Waals surface area (Å²) in [5.74, 6) is 1.96. The fraction of sp³-hybridized carbons (Fsp3) is 0.500. The molecular formula is C16H20Cl2N2O2S. The van der Waals surface area contributed by atoms with Gasteiger partial charge in [0.2, 0.25) is 5.91 Å². The molecule has 1 fully saturated rings. The maximum Gasteiger partial charge on any atom is 0.254 e. The van der Waals surface area contributed by atoms with Gasteiger partial charge in [0, 0.05) is 54.0 Å². The van der Waals surface area contributed by atoms with Crippen LogP contribution >= 0.6 is 35.0 Å². The molecular weight excluding hydrogens is 355 g/mol. The summed E-state index contributed by atoms with van der Waals surface area (Å²) in [7, 11) is 0. The minimum absolute atomic E-state index is 0.0944. The first kappa shape index (κ1) is 18.4. The van der Waals surface area contributed by atoms with Gasteiger partial charge in [-0.25, -0.2) is 0 Å². The van der Waals surface area contributed by atoms with Gasteiger partial charge in [-0.15, -0.1) is 0 Å². The van der Waals surface area contributed by atoms with Gasteiger partial charge in [-0.1, -0.05) is 30.1 Å². The highest BCUT2D eigenvalue weighted by Crippen LogP contribution is 2.20. The van der Waals surface area contributed by atoms with E-state index in [1.165, 1.54) is 0 Å². The Balaban J connectivity index is 1.88. The quantitative estimate of drug-likeness (QED) is 0.741. The van der Waals surface area contributed by atoms with Gasteiger partial charge in [-0.2, -0.15) is 11.8 Å². The van der Waals surface area contributed by atoms with Gasteiger partial charge in [0.25, 0.3) is 5.91 Å². The van der Waals surface area contributed by atoms with Crippen molar-refractivity contribution < 1.29 is 9.59 Å². The predicted molar refractivity (Wildman–Crippen MR) is 96.6 cm³/mol. The Morgan fingerprint density at radius 1 is 1.04 bits per heavy atom. The molecule has 23 heavy (non-hydrogen) atoms. The molecule has 1 heterocycles. The Kier molecular flexibility index (Phi) is 7.06. The van der Waals surface area contributed by atoms with E-state index in [1.807, 2.05) is 4.90 Å². The normalized spacial score (nSPS) is 14.9. The highest BCUT2D eigenvalue weighted by atomic mass is 35.5. The van der Waals surface area contributed by atoms with Crippen molar-refractivity contribution >= 4 is 46.8 Å². The molecule has 4 nitrogen and oxygen atoms in total. The van der Waals surface area contributed by atoms with Crippen LogP contribution in [0.1, 0.15) is 23.7 Å². The summed E-state index contributed by atoms with van der Waals surface area (Å²) in [5, 5.41) is 0.895. The van der Waals surface area contributed by atoms with E-state index in [9.17, 15) is 9.59 Å². The average molecular weight is 375 g/mol. The largest absolute Gasteiger partial charge is 0.339 e. The molecule has 0 bridgehead atoms. The first-order valence-corrected chi connectivity index (χ1v) is 9.53. The maximum absolute atomic E-state index is 12.5. The van der Waals surface area contributed by atoms with Crippen LogP contribution in [0.2, 0.25) is 10.0 Å². The number of benzene rings is 1. The monoisotopic (exact) mass is 374 g/mol. The standard InChI is InChI=1S/C16H20Cl2N2O2S/c1-2-23-8-3-15(21)19-4-6-20(7-5-19)16(22)12-9-13(17)11-14(18)10-12/h9-11H,2-8H2,1H3. The molecule has 0 aliphatic carbocycles. The number of thioether (sulfide) groups is 1. The number of carbonyl (C=O) groups excluding carboxylic acids is 2. The molecule has 1 saturated heterocycles. The van der Waals surface area contributed by atoms with Gasteiger partial charge in [-0.05, 0) is 24.0 Å². The number of rotatable bonds is 5. The van der Waals surface area contributed by atoms with E-state index in [-0.39, 0.29) is 11.8 Å². The second-order valence-corrected chi connectivity index (χ2v) is 7.54. The second kappa shape index (κ2) is 8.81. The third-order valence-electron chi connectivity index (χ3n) is 3.69. The molecule has 2 rings (SSSR count). The molecule has 1 aromatic carbocycles. The molecule has 126 valence electrons. The molecule has 7 heteroatoms. The minimum atomic E-state index is -0.0944. The van der Waals surface area contributed by atoms with E-state index < -0.39 is 0 Å². The lowest BCUT2D eigenvalue weighted by Crippen LogP contribution is -2.50. The number of amides is 2. The molecule has 0 radical (unpaired) electrons. The van der Waals surface area contributed by atoms with Gasteiger partial charge in [0.05, 0.1) is 0 Å². The van der Waals surface area contributed by atoms with Crippen molar-refractivity contribution in [1.29, 1.82) is 0 Å². The van der Waals surface area contributed by atoms with Crippen LogP contribution < -0.4 is 0 Å². The van der Waals surface area contributed by atoms with E-state index in [0.29, 0.717) is 48.2 Å². The molecule has 1 aliphatic heterocycles. The third-order valence-corrected chi connectivity index (χ3v) is 5.03. The lowest BCUT2D eigenvalue weighted by molar-refractivity contribution is -0.132. The highest BCUT2D eigenvalue weighted by Gasteiger charge is 2.24. The second-order valence-electron chi connectivity index (χ2n) is 5.28. The SMILES string of the molecule is CCSCCC(=O)N1CCN(C(=O)c2cc(Cl)cc(Cl)c2)CC1. The van der Waals surface area contributed by atoms with Crippen LogP contribution in [0.4, 0.5) is 0 Å². The van der Waals surface area contributed by atoms with Gasteiger partial charge in [0.15, 0.2) is 0 Å². The number of hydrogen-bond donors (Lipinski definition) is 0. The van der Waals surface area contributed by atoms with Crippen molar-refractivity contribution in [2.45, 2.75) is 13.3 Å². The summed E-state index contributed by atoms with van der Waals surface area (Å²) in [6.45, 7) is 4.32. The van der Waals surface area contributed by atoms with Crippen molar-refractivity contribution in [3.05, 3.63) is 33.8 Å². The van der Waals surface area contributed by atoms with Crippen LogP contribution in [0.25, 0.3) is 0 Å². The Morgan fingerprint density at radius 2 is 1.61 bits per heavy atom. The van der Waals surface area contributed by atoms with E-state index in [4.69, 9.17) is 23.2 Å². The summed E-state index contributed by atoms with van der Waals surface area (Å²) in [6, 6.07) is 4.84. The van der Waals surface area contributed by atoms with Crippen molar-refractivity contribution in [2.75, 3.05) is 37.7 Å². The van der Waals surface area contributed by atoms with Gasteiger partial charge >= 0.3 is 0 Å². The summed E-state index contributed by atoms with van der Waals surface area (Å²) in [5.41, 5.74) is 0.488. The van der Waals surface area contributed by atoms with Crippen molar-refractivity contribution in [1.82, 2.24) is 9.80 Å². The summed E-state index contributed by atoms with van der Waals surface area (Å²) >= 11 is 13.7. The molecule has 1 aliphatic rings. The molecule has 0 aromatic heterocycles. The highest BCUT2D eigenvalue weighted by molar-refractivity contribution is 7.99. The summed E-state index contributed by atoms with van der Waals surface area (Å²) in [6.07, 6.45) is 0.566. The van der Waals surface area contributed by atoms with Crippen molar-refractivity contribution in [3.8, 4) is 0 Å². The number of piperazine rings is 1. The van der Waals surface area contributed by atoms with Crippen LogP contribution in [-0.4, -0.2) is 59.3 Å². The number of carbonyl (C=O) groups is 2. The third kappa shape index (κ3) is 5.30. The van der Waals surface area contributed by atoms with E-state index in [2.05, 4.69) is 6.92 Å². The Morgan fingerprint density at radius 3 is 2.17 bits per heavy atom. The molecule has 0 N–H and O–H groups in total. The van der Waals surface area contributed by atoms with Crippen LogP contribution in [-0.2, 0) is 4.79 Å². The summed E-state index contributed by atoms with van der Waals surface area (Å²) in [4.78, 5) is 28.2. The molecule has 0 spiro atoms. The van der Waals surface area contributed by atoms with Crippen LogP contribution in [0.3, 0.4) is 0 Å². The Bertz CT molecular complexity index is 555. The van der Waals surface area contributed by atoms with Crippen molar-refractivity contribution in [2.24, 2.45) is 0 Å². The maximum atomic E-state index is 12.5. The van der Waals surface area contributed by atoms with Crippen LogP contribution in [0.15, 0.2) is 18.2 Å². The van der Waals surface area contributed by atoms with Gasteiger partial charge in [-0.3, -0.25) is 9.59 Å². The fourth-order valence-corrected chi connectivity index (χ4v) is 3.61. The smallest absolute Gasteiger partial charge is 0.254 e. The predicted octanol–water partition coefficient (Wildman–Crippen LogP) is 3.42. The average Bonchev–Trinajstić information content (AvgIpc) is 2.53. The topological polar surface area (TPSA) is 40.6 Å². The molecule has 2 amide bonds. The zero-order valence-corrected chi connectivity index (χ0v) is 15.4. The van der Waals surface area contributed by atoms with Crippen LogP contribution in [0, 0.1) is 0 Å². The number of halogens is 2.